The molecule has 0 aliphatic carbocycles. The largest absolute Gasteiger partial charge is 0.497 e. The Bertz CT molecular complexity index is 1100. The van der Waals surface area contributed by atoms with Crippen LogP contribution in [0.1, 0.15) is 13.8 Å². The Labute approximate surface area is 183 Å². The van der Waals surface area contributed by atoms with Crippen LogP contribution in [0.4, 0.5) is 10.8 Å². The number of nitrogens with one attached hydrogen (secondary N) is 1. The molecule has 2 heterocycles. The molecule has 4 rings (SSSR count). The summed E-state index contributed by atoms with van der Waals surface area (Å²) in [7, 11) is 1.62. The van der Waals surface area contributed by atoms with Crippen LogP contribution in [0.2, 0.25) is 0 Å². The van der Waals surface area contributed by atoms with Gasteiger partial charge in [-0.05, 0) is 50.2 Å². The van der Waals surface area contributed by atoms with Crippen LogP contribution in [0.25, 0.3) is 11.3 Å². The molecular weight excluding hydrogens is 418 g/mol. The maximum atomic E-state index is 13.2. The van der Waals surface area contributed by atoms with E-state index < -0.39 is 4.75 Å². The van der Waals surface area contributed by atoms with E-state index in [-0.39, 0.29) is 11.8 Å². The summed E-state index contributed by atoms with van der Waals surface area (Å²) in [4.78, 5) is 33.4. The molecule has 0 radical (unpaired) electrons. The van der Waals surface area contributed by atoms with E-state index in [1.54, 1.807) is 18.9 Å². The number of ether oxygens (including phenoxy) is 1. The lowest BCUT2D eigenvalue weighted by atomic mass is 10.1. The van der Waals surface area contributed by atoms with Crippen LogP contribution in [0.5, 0.6) is 5.75 Å². The van der Waals surface area contributed by atoms with E-state index in [9.17, 15) is 9.59 Å². The van der Waals surface area contributed by atoms with E-state index in [4.69, 9.17) is 4.74 Å². The molecule has 0 bridgehead atoms. The van der Waals surface area contributed by atoms with Gasteiger partial charge in [-0.2, -0.15) is 0 Å². The van der Waals surface area contributed by atoms with Crippen molar-refractivity contribution in [2.75, 3.05) is 23.9 Å². The van der Waals surface area contributed by atoms with Crippen LogP contribution in [-0.4, -0.2) is 35.2 Å². The fraction of sp³-hybridized carbons (Fsp3) is 0.227. The highest BCUT2D eigenvalue weighted by molar-refractivity contribution is 8.02. The normalized spacial score (nSPS) is 18.1. The van der Waals surface area contributed by atoms with Gasteiger partial charge in [0, 0.05) is 22.4 Å². The highest BCUT2D eigenvalue weighted by atomic mass is 32.2. The fourth-order valence-corrected chi connectivity index (χ4v) is 5.22. The van der Waals surface area contributed by atoms with Gasteiger partial charge in [0.05, 0.1) is 18.5 Å². The standard InChI is InChI=1S/C22H21N3O3S2/c1-4-25-17-7-5-6-8-18(17)30-22(2,20(25)27)19(26)24-21-23-16(13-29-21)14-9-11-15(28-3)12-10-14/h5-13H,4H2,1-3H3,(H,23,24,26). The van der Waals surface area contributed by atoms with E-state index in [0.29, 0.717) is 11.7 Å². The van der Waals surface area contributed by atoms with Gasteiger partial charge in [-0.25, -0.2) is 4.98 Å². The number of carbonyl (C=O) groups is 2. The van der Waals surface area contributed by atoms with Crippen molar-refractivity contribution < 1.29 is 14.3 Å². The quantitative estimate of drug-likeness (QED) is 0.585. The molecule has 6 nitrogen and oxygen atoms in total. The number of hydrogen-bond donors (Lipinski definition) is 1. The number of anilines is 2. The smallest absolute Gasteiger partial charge is 0.252 e. The van der Waals surface area contributed by atoms with Crippen molar-refractivity contribution in [2.24, 2.45) is 0 Å². The van der Waals surface area contributed by atoms with Gasteiger partial charge in [0.2, 0.25) is 0 Å². The summed E-state index contributed by atoms with van der Waals surface area (Å²) in [5, 5.41) is 5.18. The summed E-state index contributed by atoms with van der Waals surface area (Å²) >= 11 is 2.61. The molecule has 1 atom stereocenters. The summed E-state index contributed by atoms with van der Waals surface area (Å²) in [6.45, 7) is 4.08. The highest BCUT2D eigenvalue weighted by Crippen LogP contribution is 2.45. The van der Waals surface area contributed by atoms with Crippen molar-refractivity contribution >= 4 is 45.7 Å². The van der Waals surface area contributed by atoms with Crippen LogP contribution in [0, 0.1) is 0 Å². The van der Waals surface area contributed by atoms with Gasteiger partial charge in [-0.1, -0.05) is 23.9 Å². The van der Waals surface area contributed by atoms with E-state index in [2.05, 4.69) is 10.3 Å². The zero-order chi connectivity index (χ0) is 21.3. The average Bonchev–Trinajstić information content (AvgIpc) is 3.23. The number of fused-ring (bicyclic) bond motifs is 1. The van der Waals surface area contributed by atoms with Gasteiger partial charge >= 0.3 is 0 Å². The molecule has 0 saturated carbocycles. The first kappa shape index (κ1) is 20.4. The Balaban J connectivity index is 1.56. The maximum absolute atomic E-state index is 13.2. The van der Waals surface area contributed by atoms with Gasteiger partial charge in [0.15, 0.2) is 9.88 Å². The minimum absolute atomic E-state index is 0.224. The minimum Gasteiger partial charge on any atom is -0.497 e. The van der Waals surface area contributed by atoms with Gasteiger partial charge in [-0.3, -0.25) is 9.59 Å². The molecule has 2 amide bonds. The third kappa shape index (κ3) is 3.57. The SMILES string of the molecule is CCN1C(=O)C(C)(C(=O)Nc2nc(-c3ccc(OC)cc3)cs2)Sc2ccccc21. The monoisotopic (exact) mass is 439 g/mol. The molecule has 0 fully saturated rings. The zero-order valence-electron chi connectivity index (χ0n) is 16.8. The fourth-order valence-electron chi connectivity index (χ4n) is 3.30. The Morgan fingerprint density at radius 1 is 1.20 bits per heavy atom. The molecule has 1 aliphatic rings. The Kier molecular flexibility index (Phi) is 5.53. The number of rotatable bonds is 5. The molecule has 3 aromatic rings. The molecule has 0 saturated heterocycles. The predicted molar refractivity (Wildman–Crippen MR) is 121 cm³/mol. The number of hydrogen-bond acceptors (Lipinski definition) is 6. The average molecular weight is 440 g/mol. The van der Waals surface area contributed by atoms with E-state index in [1.165, 1.54) is 23.1 Å². The molecule has 0 spiro atoms. The predicted octanol–water partition coefficient (Wildman–Crippen LogP) is 4.67. The summed E-state index contributed by atoms with van der Waals surface area (Å²) in [5.41, 5.74) is 2.52. The summed E-state index contributed by atoms with van der Waals surface area (Å²) in [5.74, 6) is 0.170. The molecule has 1 aliphatic heterocycles. The van der Waals surface area contributed by atoms with Crippen LogP contribution in [-0.2, 0) is 9.59 Å². The summed E-state index contributed by atoms with van der Waals surface area (Å²) < 4.78 is 3.91. The van der Waals surface area contributed by atoms with Crippen molar-refractivity contribution in [2.45, 2.75) is 23.5 Å². The van der Waals surface area contributed by atoms with Crippen molar-refractivity contribution in [3.05, 3.63) is 53.9 Å². The van der Waals surface area contributed by atoms with Crippen molar-refractivity contribution in [1.82, 2.24) is 4.98 Å². The van der Waals surface area contributed by atoms with Crippen molar-refractivity contribution in [3.63, 3.8) is 0 Å². The van der Waals surface area contributed by atoms with Crippen LogP contribution >= 0.6 is 23.1 Å². The number of thiazole rings is 1. The van der Waals surface area contributed by atoms with Gasteiger partial charge in [0.1, 0.15) is 5.75 Å². The zero-order valence-corrected chi connectivity index (χ0v) is 18.5. The van der Waals surface area contributed by atoms with Gasteiger partial charge in [-0.15, -0.1) is 11.3 Å². The topological polar surface area (TPSA) is 71.5 Å². The highest BCUT2D eigenvalue weighted by Gasteiger charge is 2.49. The number of amides is 2. The first-order valence-corrected chi connectivity index (χ1v) is 11.2. The number of thioether (sulfide) groups is 1. The number of para-hydroxylation sites is 1. The minimum atomic E-state index is -1.27. The van der Waals surface area contributed by atoms with Crippen LogP contribution in [0.15, 0.2) is 58.8 Å². The van der Waals surface area contributed by atoms with Crippen molar-refractivity contribution in [3.8, 4) is 17.0 Å². The molecule has 1 unspecified atom stereocenters. The van der Waals surface area contributed by atoms with E-state index in [0.717, 1.165) is 27.6 Å². The van der Waals surface area contributed by atoms with Crippen molar-refractivity contribution in [1.29, 1.82) is 0 Å². The maximum Gasteiger partial charge on any atom is 0.252 e. The second-order valence-electron chi connectivity index (χ2n) is 6.87. The van der Waals surface area contributed by atoms with Gasteiger partial charge < -0.3 is 15.0 Å². The van der Waals surface area contributed by atoms with Gasteiger partial charge in [0.25, 0.3) is 11.8 Å². The van der Waals surface area contributed by atoms with E-state index >= 15 is 0 Å². The molecule has 8 heteroatoms. The summed E-state index contributed by atoms with van der Waals surface area (Å²) in [6, 6.07) is 15.2. The lowest BCUT2D eigenvalue weighted by molar-refractivity contribution is -0.128. The third-order valence-electron chi connectivity index (χ3n) is 4.98. The molecule has 154 valence electrons. The number of benzene rings is 2. The number of carbonyl (C=O) groups excluding carboxylic acids is 2. The number of methoxy groups -OCH3 is 1. The Morgan fingerprint density at radius 2 is 1.93 bits per heavy atom. The lowest BCUT2D eigenvalue weighted by Crippen LogP contribution is -2.54. The molecular formula is C22H21N3O3S2. The first-order chi connectivity index (χ1) is 14.5. The number of aromatic nitrogens is 1. The Morgan fingerprint density at radius 3 is 2.63 bits per heavy atom. The van der Waals surface area contributed by atoms with Crippen LogP contribution in [0.3, 0.4) is 0 Å². The molecule has 30 heavy (non-hydrogen) atoms. The molecule has 1 aromatic heterocycles. The second kappa shape index (κ2) is 8.12. The molecule has 1 N–H and O–H groups in total. The Hall–Kier alpha value is -2.84. The van der Waals surface area contributed by atoms with Crippen LogP contribution < -0.4 is 15.0 Å². The number of nitrogens with zero attached hydrogens (tertiary/aromatic N) is 2. The molecule has 2 aromatic carbocycles. The summed E-state index contributed by atoms with van der Waals surface area (Å²) in [6.07, 6.45) is 0. The van der Waals surface area contributed by atoms with E-state index in [1.807, 2.05) is 60.8 Å². The third-order valence-corrected chi connectivity index (χ3v) is 7.07. The lowest BCUT2D eigenvalue weighted by Gasteiger charge is -2.38. The second-order valence-corrected chi connectivity index (χ2v) is 9.19. The first-order valence-electron chi connectivity index (χ1n) is 9.47.